The van der Waals surface area contributed by atoms with Gasteiger partial charge in [0.1, 0.15) is 11.9 Å². The number of piperidine rings is 1. The van der Waals surface area contributed by atoms with Gasteiger partial charge >= 0.3 is 5.97 Å². The molecule has 0 aromatic heterocycles. The number of nitrogens with zero attached hydrogens (tertiary/aromatic N) is 2. The van der Waals surface area contributed by atoms with Gasteiger partial charge in [-0.1, -0.05) is 0 Å². The summed E-state index contributed by atoms with van der Waals surface area (Å²) in [5.41, 5.74) is 0.895. The zero-order chi connectivity index (χ0) is 13.8. The van der Waals surface area contributed by atoms with Crippen molar-refractivity contribution in [1.29, 1.82) is 5.26 Å². The predicted octanol–water partition coefficient (Wildman–Crippen LogP) is 2.53. The molecule has 1 aromatic rings. The van der Waals surface area contributed by atoms with E-state index in [0.29, 0.717) is 12.2 Å². The summed E-state index contributed by atoms with van der Waals surface area (Å²) in [6.45, 7) is 0.707. The van der Waals surface area contributed by atoms with Gasteiger partial charge in [0.15, 0.2) is 0 Å². The Morgan fingerprint density at radius 3 is 3.00 bits per heavy atom. The molecule has 0 radical (unpaired) electrons. The first-order valence-electron chi connectivity index (χ1n) is 6.30. The molecule has 1 saturated heterocycles. The first-order chi connectivity index (χ1) is 9.11. The summed E-state index contributed by atoms with van der Waals surface area (Å²) in [4.78, 5) is 12.8. The Bertz CT molecular complexity index is 525. The minimum Gasteiger partial charge on any atom is -0.481 e. The molecule has 0 spiro atoms. The molecule has 4 nitrogen and oxygen atoms in total. The highest BCUT2D eigenvalue weighted by molar-refractivity contribution is 5.69. The van der Waals surface area contributed by atoms with Crippen LogP contribution in [0, 0.1) is 17.1 Å². The Kier molecular flexibility index (Phi) is 4.00. The quantitative estimate of drug-likeness (QED) is 0.909. The highest BCUT2D eigenvalue weighted by atomic mass is 19.1. The molecule has 1 atom stereocenters. The van der Waals surface area contributed by atoms with Crippen molar-refractivity contribution in [3.8, 4) is 6.07 Å². The highest BCUT2D eigenvalue weighted by Crippen LogP contribution is 2.29. The van der Waals surface area contributed by atoms with Crippen molar-refractivity contribution < 1.29 is 14.3 Å². The van der Waals surface area contributed by atoms with Gasteiger partial charge in [0.25, 0.3) is 0 Å². The normalized spacial score (nSPS) is 18.9. The van der Waals surface area contributed by atoms with E-state index in [2.05, 4.69) is 0 Å². The van der Waals surface area contributed by atoms with Crippen molar-refractivity contribution in [3.63, 3.8) is 0 Å². The predicted molar refractivity (Wildman–Crippen MR) is 68.4 cm³/mol. The van der Waals surface area contributed by atoms with E-state index in [1.165, 1.54) is 12.1 Å². The van der Waals surface area contributed by atoms with Crippen LogP contribution in [-0.2, 0) is 4.79 Å². The number of hydrogen-bond acceptors (Lipinski definition) is 3. The number of carbonyl (C=O) groups is 1. The van der Waals surface area contributed by atoms with Crippen molar-refractivity contribution in [3.05, 3.63) is 29.6 Å². The van der Waals surface area contributed by atoms with Crippen LogP contribution < -0.4 is 4.90 Å². The van der Waals surface area contributed by atoms with Crippen molar-refractivity contribution in [1.82, 2.24) is 0 Å². The lowest BCUT2D eigenvalue weighted by Crippen LogP contribution is -2.41. The fraction of sp³-hybridized carbons (Fsp3) is 0.429. The number of anilines is 1. The minimum absolute atomic E-state index is 0.0439. The van der Waals surface area contributed by atoms with E-state index in [1.54, 1.807) is 6.07 Å². The number of carboxylic acids is 1. The number of halogens is 1. The SMILES string of the molecule is N#Cc1cc(F)ccc1N1CCCCC1CC(=O)O. The summed E-state index contributed by atoms with van der Waals surface area (Å²) in [6, 6.07) is 5.92. The van der Waals surface area contributed by atoms with Gasteiger partial charge < -0.3 is 10.0 Å². The lowest BCUT2D eigenvalue weighted by Gasteiger charge is -2.37. The van der Waals surface area contributed by atoms with E-state index < -0.39 is 11.8 Å². The molecule has 0 aliphatic carbocycles. The average Bonchev–Trinajstić information content (AvgIpc) is 2.39. The highest BCUT2D eigenvalue weighted by Gasteiger charge is 2.26. The van der Waals surface area contributed by atoms with Crippen LogP contribution in [0.15, 0.2) is 18.2 Å². The maximum Gasteiger partial charge on any atom is 0.305 e. The number of carboxylic acid groups (broad SMARTS) is 1. The zero-order valence-electron chi connectivity index (χ0n) is 10.5. The van der Waals surface area contributed by atoms with Crippen LogP contribution in [0.2, 0.25) is 0 Å². The fourth-order valence-electron chi connectivity index (χ4n) is 2.58. The average molecular weight is 262 g/mol. The molecule has 100 valence electrons. The second-order valence-electron chi connectivity index (χ2n) is 4.71. The third-order valence-corrected chi connectivity index (χ3v) is 3.43. The maximum atomic E-state index is 13.1. The molecule has 1 heterocycles. The lowest BCUT2D eigenvalue weighted by atomic mass is 9.97. The molecular formula is C14H15FN2O2. The third kappa shape index (κ3) is 3.02. The minimum atomic E-state index is -0.850. The number of nitriles is 1. The topological polar surface area (TPSA) is 64.3 Å². The fourth-order valence-corrected chi connectivity index (χ4v) is 2.58. The smallest absolute Gasteiger partial charge is 0.305 e. The summed E-state index contributed by atoms with van der Waals surface area (Å²) >= 11 is 0. The number of rotatable bonds is 3. The Balaban J connectivity index is 2.32. The summed E-state index contributed by atoms with van der Waals surface area (Å²) in [7, 11) is 0. The molecule has 1 N–H and O–H groups in total. The van der Waals surface area contributed by atoms with E-state index in [1.807, 2.05) is 11.0 Å². The van der Waals surface area contributed by atoms with Crippen LogP contribution >= 0.6 is 0 Å². The molecule has 0 bridgehead atoms. The van der Waals surface area contributed by atoms with Crippen LogP contribution in [0.5, 0.6) is 0 Å². The summed E-state index contributed by atoms with van der Waals surface area (Å²) in [5, 5.41) is 18.0. The van der Waals surface area contributed by atoms with Gasteiger partial charge in [-0.05, 0) is 37.5 Å². The van der Waals surface area contributed by atoms with Crippen molar-refractivity contribution in [2.45, 2.75) is 31.7 Å². The number of hydrogen-bond donors (Lipinski definition) is 1. The Morgan fingerprint density at radius 2 is 2.32 bits per heavy atom. The summed E-state index contributed by atoms with van der Waals surface area (Å²) in [6.07, 6.45) is 2.77. The van der Waals surface area contributed by atoms with Crippen LogP contribution in [0.4, 0.5) is 10.1 Å². The van der Waals surface area contributed by atoms with E-state index in [4.69, 9.17) is 10.4 Å². The van der Waals surface area contributed by atoms with Crippen LogP contribution in [-0.4, -0.2) is 23.7 Å². The van der Waals surface area contributed by atoms with E-state index in [0.717, 1.165) is 19.3 Å². The van der Waals surface area contributed by atoms with Crippen molar-refractivity contribution in [2.24, 2.45) is 0 Å². The van der Waals surface area contributed by atoms with Crippen molar-refractivity contribution in [2.75, 3.05) is 11.4 Å². The maximum absolute atomic E-state index is 13.1. The lowest BCUT2D eigenvalue weighted by molar-refractivity contribution is -0.137. The van der Waals surface area contributed by atoms with Gasteiger partial charge in [0.05, 0.1) is 17.7 Å². The standard InChI is InChI=1S/C14H15FN2O2/c15-11-4-5-13(10(7-11)9-16)17-6-2-1-3-12(17)8-14(18)19/h4-5,7,12H,1-3,6,8H2,(H,18,19). The Hall–Kier alpha value is -2.09. The van der Waals surface area contributed by atoms with Gasteiger partial charge in [0.2, 0.25) is 0 Å². The Labute approximate surface area is 111 Å². The van der Waals surface area contributed by atoms with E-state index >= 15 is 0 Å². The molecule has 1 aliphatic rings. The molecule has 1 unspecified atom stereocenters. The first kappa shape index (κ1) is 13.3. The van der Waals surface area contributed by atoms with Crippen LogP contribution in [0.25, 0.3) is 0 Å². The molecule has 1 aromatic carbocycles. The van der Waals surface area contributed by atoms with Crippen LogP contribution in [0.3, 0.4) is 0 Å². The van der Waals surface area contributed by atoms with E-state index in [9.17, 15) is 9.18 Å². The molecule has 0 saturated carbocycles. The number of benzene rings is 1. The largest absolute Gasteiger partial charge is 0.481 e. The second kappa shape index (κ2) is 5.70. The first-order valence-corrected chi connectivity index (χ1v) is 6.30. The van der Waals surface area contributed by atoms with Crippen LogP contribution in [0.1, 0.15) is 31.2 Å². The van der Waals surface area contributed by atoms with Gasteiger partial charge in [0, 0.05) is 12.6 Å². The molecule has 1 fully saturated rings. The van der Waals surface area contributed by atoms with Gasteiger partial charge in [-0.25, -0.2) is 4.39 Å². The molecule has 5 heteroatoms. The third-order valence-electron chi connectivity index (χ3n) is 3.43. The molecule has 2 rings (SSSR count). The molecule has 1 aliphatic heterocycles. The second-order valence-corrected chi connectivity index (χ2v) is 4.71. The van der Waals surface area contributed by atoms with Gasteiger partial charge in [-0.2, -0.15) is 5.26 Å². The van der Waals surface area contributed by atoms with Crippen molar-refractivity contribution >= 4 is 11.7 Å². The number of aliphatic carboxylic acids is 1. The summed E-state index contributed by atoms with van der Waals surface area (Å²) in [5.74, 6) is -1.30. The molecular weight excluding hydrogens is 247 g/mol. The Morgan fingerprint density at radius 1 is 1.53 bits per heavy atom. The summed E-state index contributed by atoms with van der Waals surface area (Å²) < 4.78 is 13.1. The molecule has 0 amide bonds. The van der Waals surface area contributed by atoms with Gasteiger partial charge in [-0.15, -0.1) is 0 Å². The monoisotopic (exact) mass is 262 g/mol. The van der Waals surface area contributed by atoms with E-state index in [-0.39, 0.29) is 18.0 Å². The zero-order valence-corrected chi connectivity index (χ0v) is 10.5. The molecule has 19 heavy (non-hydrogen) atoms. The van der Waals surface area contributed by atoms with Gasteiger partial charge in [-0.3, -0.25) is 4.79 Å².